The first-order valence-corrected chi connectivity index (χ1v) is 4.90. The van der Waals surface area contributed by atoms with Crippen LogP contribution in [0.5, 0.6) is 0 Å². The lowest BCUT2D eigenvalue weighted by atomic mass is 10.1. The van der Waals surface area contributed by atoms with Crippen molar-refractivity contribution in [3.8, 4) is 6.07 Å². The van der Waals surface area contributed by atoms with Crippen LogP contribution in [0.4, 0.5) is 5.69 Å². The van der Waals surface area contributed by atoms with E-state index in [1.54, 1.807) is 13.8 Å². The van der Waals surface area contributed by atoms with Crippen molar-refractivity contribution in [1.82, 2.24) is 0 Å². The van der Waals surface area contributed by atoms with Gasteiger partial charge in [0.05, 0.1) is 16.9 Å². The second-order valence-corrected chi connectivity index (χ2v) is 4.28. The predicted molar refractivity (Wildman–Crippen MR) is 60.7 cm³/mol. The first kappa shape index (κ1) is 11.5. The van der Waals surface area contributed by atoms with E-state index in [4.69, 9.17) is 5.26 Å². The molecule has 0 heterocycles. The number of hydrogen-bond donors (Lipinski definition) is 2. The average Bonchev–Trinajstić information content (AvgIpc) is 2.13. The van der Waals surface area contributed by atoms with E-state index in [0.717, 1.165) is 11.3 Å². The summed E-state index contributed by atoms with van der Waals surface area (Å²) < 4.78 is 0. The van der Waals surface area contributed by atoms with Crippen molar-refractivity contribution in [2.45, 2.75) is 26.4 Å². The molecule has 0 amide bonds. The molecule has 0 atom stereocenters. The van der Waals surface area contributed by atoms with Gasteiger partial charge < -0.3 is 10.4 Å². The maximum absolute atomic E-state index is 9.57. The van der Waals surface area contributed by atoms with Crippen molar-refractivity contribution in [2.24, 2.45) is 0 Å². The first-order chi connectivity index (χ1) is 6.94. The molecule has 1 aromatic carbocycles. The van der Waals surface area contributed by atoms with Crippen LogP contribution in [-0.4, -0.2) is 17.3 Å². The fourth-order valence-corrected chi connectivity index (χ4v) is 1.28. The molecule has 0 aliphatic rings. The minimum atomic E-state index is -0.781. The summed E-state index contributed by atoms with van der Waals surface area (Å²) in [6.45, 7) is 5.77. The van der Waals surface area contributed by atoms with Gasteiger partial charge >= 0.3 is 0 Å². The highest BCUT2D eigenvalue weighted by atomic mass is 16.3. The minimum absolute atomic E-state index is 0.422. The third-order valence-corrected chi connectivity index (χ3v) is 2.10. The molecule has 0 bridgehead atoms. The van der Waals surface area contributed by atoms with Gasteiger partial charge in [-0.25, -0.2) is 0 Å². The van der Waals surface area contributed by atoms with Crippen LogP contribution in [-0.2, 0) is 0 Å². The fourth-order valence-electron chi connectivity index (χ4n) is 1.28. The number of aliphatic hydroxyl groups is 1. The van der Waals surface area contributed by atoms with Crippen LogP contribution in [0.1, 0.15) is 25.0 Å². The lowest BCUT2D eigenvalue weighted by Crippen LogP contribution is -2.29. The second-order valence-electron chi connectivity index (χ2n) is 4.28. The highest BCUT2D eigenvalue weighted by molar-refractivity contribution is 5.60. The van der Waals surface area contributed by atoms with Gasteiger partial charge in [0.15, 0.2) is 0 Å². The summed E-state index contributed by atoms with van der Waals surface area (Å²) in [7, 11) is 0. The number of rotatable bonds is 3. The Kier molecular flexibility index (Phi) is 3.33. The van der Waals surface area contributed by atoms with Gasteiger partial charge in [0.25, 0.3) is 0 Å². The molecule has 0 aromatic heterocycles. The first-order valence-electron chi connectivity index (χ1n) is 4.90. The maximum Gasteiger partial charge on any atom is 0.102 e. The number of aryl methyl sites for hydroxylation is 1. The quantitative estimate of drug-likeness (QED) is 0.792. The molecule has 0 fully saturated rings. The molecule has 80 valence electrons. The van der Waals surface area contributed by atoms with Gasteiger partial charge in [-0.15, -0.1) is 0 Å². The zero-order chi connectivity index (χ0) is 11.5. The average molecular weight is 204 g/mol. The third kappa shape index (κ3) is 3.26. The molecule has 1 aromatic rings. The van der Waals surface area contributed by atoms with E-state index in [1.807, 2.05) is 25.1 Å². The van der Waals surface area contributed by atoms with Gasteiger partial charge in [0.1, 0.15) is 6.07 Å². The van der Waals surface area contributed by atoms with Gasteiger partial charge in [0.2, 0.25) is 0 Å². The fraction of sp³-hybridized carbons (Fsp3) is 0.417. The van der Waals surface area contributed by atoms with Gasteiger partial charge in [-0.2, -0.15) is 5.26 Å². The van der Waals surface area contributed by atoms with E-state index in [-0.39, 0.29) is 0 Å². The Balaban J connectivity index is 2.87. The van der Waals surface area contributed by atoms with Gasteiger partial charge in [0, 0.05) is 6.54 Å². The summed E-state index contributed by atoms with van der Waals surface area (Å²) in [5.41, 5.74) is 1.58. The molecule has 15 heavy (non-hydrogen) atoms. The van der Waals surface area contributed by atoms with Crippen molar-refractivity contribution in [1.29, 1.82) is 5.26 Å². The van der Waals surface area contributed by atoms with E-state index in [0.29, 0.717) is 12.1 Å². The maximum atomic E-state index is 9.57. The van der Waals surface area contributed by atoms with Crippen molar-refractivity contribution in [3.05, 3.63) is 29.3 Å². The second kappa shape index (κ2) is 4.33. The Hall–Kier alpha value is -1.53. The Bertz CT molecular complexity index is 386. The number of nitrogens with zero attached hydrogens (tertiary/aromatic N) is 1. The molecule has 0 radical (unpaired) electrons. The van der Waals surface area contributed by atoms with Gasteiger partial charge in [-0.1, -0.05) is 12.1 Å². The molecule has 1 rings (SSSR count). The third-order valence-electron chi connectivity index (χ3n) is 2.10. The molecule has 0 spiro atoms. The molecule has 3 nitrogen and oxygen atoms in total. The van der Waals surface area contributed by atoms with E-state index >= 15 is 0 Å². The van der Waals surface area contributed by atoms with Crippen molar-refractivity contribution < 1.29 is 5.11 Å². The number of benzene rings is 1. The SMILES string of the molecule is Cc1cccc(NCC(C)(C)O)c1C#N. The number of nitrogens with one attached hydrogen (secondary N) is 1. The molecular weight excluding hydrogens is 188 g/mol. The molecular formula is C12H16N2O. The lowest BCUT2D eigenvalue weighted by molar-refractivity contribution is 0.0945. The van der Waals surface area contributed by atoms with Crippen LogP contribution in [0.2, 0.25) is 0 Å². The molecule has 0 aliphatic heterocycles. The summed E-state index contributed by atoms with van der Waals surface area (Å²) in [5.74, 6) is 0. The lowest BCUT2D eigenvalue weighted by Gasteiger charge is -2.19. The smallest absolute Gasteiger partial charge is 0.102 e. The summed E-state index contributed by atoms with van der Waals surface area (Å²) in [6.07, 6.45) is 0. The van der Waals surface area contributed by atoms with Crippen LogP contribution < -0.4 is 5.32 Å². The van der Waals surface area contributed by atoms with Crippen LogP contribution in [0.3, 0.4) is 0 Å². The molecule has 0 aliphatic carbocycles. The zero-order valence-electron chi connectivity index (χ0n) is 9.33. The summed E-state index contributed by atoms with van der Waals surface area (Å²) in [5, 5.41) is 21.6. The Labute approximate surface area is 90.4 Å². The van der Waals surface area contributed by atoms with E-state index in [2.05, 4.69) is 11.4 Å². The van der Waals surface area contributed by atoms with Crippen LogP contribution >= 0.6 is 0 Å². The van der Waals surface area contributed by atoms with Crippen LogP contribution in [0.25, 0.3) is 0 Å². The van der Waals surface area contributed by atoms with Crippen LogP contribution in [0.15, 0.2) is 18.2 Å². The standard InChI is InChI=1S/C12H16N2O/c1-9-5-4-6-11(10(9)7-13)14-8-12(2,3)15/h4-6,14-15H,8H2,1-3H3. The predicted octanol–water partition coefficient (Wildman–Crippen LogP) is 2.05. The normalized spacial score (nSPS) is 10.9. The zero-order valence-corrected chi connectivity index (χ0v) is 9.33. The molecule has 2 N–H and O–H groups in total. The van der Waals surface area contributed by atoms with E-state index < -0.39 is 5.60 Å². The highest BCUT2D eigenvalue weighted by Crippen LogP contribution is 2.18. The van der Waals surface area contributed by atoms with E-state index in [1.165, 1.54) is 0 Å². The van der Waals surface area contributed by atoms with Gasteiger partial charge in [-0.3, -0.25) is 0 Å². The van der Waals surface area contributed by atoms with Crippen molar-refractivity contribution in [2.75, 3.05) is 11.9 Å². The number of nitriles is 1. The van der Waals surface area contributed by atoms with Crippen molar-refractivity contribution >= 4 is 5.69 Å². The summed E-state index contributed by atoms with van der Waals surface area (Å²) in [4.78, 5) is 0. The summed E-state index contributed by atoms with van der Waals surface area (Å²) >= 11 is 0. The van der Waals surface area contributed by atoms with Crippen LogP contribution in [0, 0.1) is 18.3 Å². The van der Waals surface area contributed by atoms with E-state index in [9.17, 15) is 5.11 Å². The molecule has 0 saturated carbocycles. The Morgan fingerprint density at radius 2 is 2.13 bits per heavy atom. The number of hydrogen-bond acceptors (Lipinski definition) is 3. The number of anilines is 1. The molecule has 3 heteroatoms. The summed E-state index contributed by atoms with van der Waals surface area (Å²) in [6, 6.07) is 7.79. The van der Waals surface area contributed by atoms with Gasteiger partial charge in [-0.05, 0) is 32.4 Å². The topological polar surface area (TPSA) is 56.0 Å². The van der Waals surface area contributed by atoms with Crippen molar-refractivity contribution in [3.63, 3.8) is 0 Å². The Morgan fingerprint density at radius 1 is 1.47 bits per heavy atom. The molecule has 0 unspecified atom stereocenters. The largest absolute Gasteiger partial charge is 0.389 e. The highest BCUT2D eigenvalue weighted by Gasteiger charge is 2.13. The Morgan fingerprint density at radius 3 is 2.67 bits per heavy atom. The minimum Gasteiger partial charge on any atom is -0.389 e. The molecule has 0 saturated heterocycles. The monoisotopic (exact) mass is 204 g/mol.